The summed E-state index contributed by atoms with van der Waals surface area (Å²) in [7, 11) is 0. The molecule has 0 saturated heterocycles. The first-order valence-electron chi connectivity index (χ1n) is 8.99. The quantitative estimate of drug-likeness (QED) is 0.428. The largest absolute Gasteiger partial charge is 0.573 e. The smallest absolute Gasteiger partial charge is 0.406 e. The second-order valence-corrected chi connectivity index (χ2v) is 6.63. The Morgan fingerprint density at radius 2 is 1.52 bits per heavy atom. The van der Waals surface area contributed by atoms with Crippen LogP contribution in [0.3, 0.4) is 0 Å². The van der Waals surface area contributed by atoms with Crippen LogP contribution in [0.2, 0.25) is 0 Å². The molecule has 1 heterocycles. The zero-order valence-corrected chi connectivity index (χ0v) is 16.4. The van der Waals surface area contributed by atoms with Gasteiger partial charge in [-0.05, 0) is 48.4 Å². The summed E-state index contributed by atoms with van der Waals surface area (Å²) in [5.74, 6) is -0.259. The highest BCUT2D eigenvalue weighted by Crippen LogP contribution is 2.32. The minimum absolute atomic E-state index is 0. The molecule has 3 aromatic carbocycles. The topological polar surface area (TPSA) is 40.2 Å². The Balaban J connectivity index is 0.00000240. The second-order valence-electron chi connectivity index (χ2n) is 6.63. The first-order chi connectivity index (χ1) is 13.4. The van der Waals surface area contributed by atoms with Gasteiger partial charge in [0.25, 0.3) is 0 Å². The highest BCUT2D eigenvalue weighted by Gasteiger charge is 2.31. The van der Waals surface area contributed by atoms with E-state index in [4.69, 9.17) is 5.73 Å². The van der Waals surface area contributed by atoms with Gasteiger partial charge in [-0.25, -0.2) is 0 Å². The summed E-state index contributed by atoms with van der Waals surface area (Å²) >= 11 is 0. The summed E-state index contributed by atoms with van der Waals surface area (Å²) in [6.45, 7) is 2.96. The van der Waals surface area contributed by atoms with Crippen molar-refractivity contribution in [2.45, 2.75) is 25.9 Å². The van der Waals surface area contributed by atoms with Gasteiger partial charge in [-0.15, -0.1) is 25.6 Å². The maximum absolute atomic E-state index is 12.3. The Hall–Kier alpha value is -2.70. The summed E-state index contributed by atoms with van der Waals surface area (Å²) in [5.41, 5.74) is 10.3. The lowest BCUT2D eigenvalue weighted by Gasteiger charge is -2.15. The van der Waals surface area contributed by atoms with Crippen LogP contribution in [-0.4, -0.2) is 10.9 Å². The van der Waals surface area contributed by atoms with Crippen molar-refractivity contribution in [3.63, 3.8) is 0 Å². The van der Waals surface area contributed by atoms with Crippen molar-refractivity contribution >= 4 is 34.2 Å². The summed E-state index contributed by atoms with van der Waals surface area (Å²) in [5, 5.41) is 2.27. The molecule has 0 bridgehead atoms. The molecule has 7 heteroatoms. The van der Waals surface area contributed by atoms with E-state index in [-0.39, 0.29) is 18.2 Å². The molecule has 0 radical (unpaired) electrons. The predicted octanol–water partition coefficient (Wildman–Crippen LogP) is 6.18. The Morgan fingerprint density at radius 3 is 2.17 bits per heavy atom. The molecule has 0 unspecified atom stereocenters. The van der Waals surface area contributed by atoms with E-state index in [0.29, 0.717) is 5.56 Å². The Bertz CT molecular complexity index is 1140. The molecule has 1 aromatic heterocycles. The van der Waals surface area contributed by atoms with Gasteiger partial charge in [0.15, 0.2) is 0 Å². The van der Waals surface area contributed by atoms with Gasteiger partial charge in [0.05, 0.1) is 6.04 Å². The molecule has 0 amide bonds. The molecule has 0 aliphatic rings. The number of hydrogen-bond acceptors (Lipinski definition) is 2. The van der Waals surface area contributed by atoms with Gasteiger partial charge in [-0.3, -0.25) is 0 Å². The van der Waals surface area contributed by atoms with Crippen molar-refractivity contribution in [1.82, 2.24) is 4.57 Å². The van der Waals surface area contributed by atoms with Crippen molar-refractivity contribution in [2.75, 3.05) is 0 Å². The van der Waals surface area contributed by atoms with Crippen LogP contribution < -0.4 is 10.5 Å². The molecule has 152 valence electrons. The number of hydrogen-bond donors (Lipinski definition) is 1. The maximum atomic E-state index is 12.3. The van der Waals surface area contributed by atoms with Crippen LogP contribution >= 0.6 is 12.4 Å². The molecule has 0 fully saturated rings. The van der Waals surface area contributed by atoms with Gasteiger partial charge in [0, 0.05) is 28.4 Å². The van der Waals surface area contributed by atoms with Crippen LogP contribution in [0.1, 0.15) is 24.1 Å². The SMILES string of the molecule is CCn1c2ccccc2c2cc([C@@H](N)c3ccc(OC(F)(F)F)cc3)ccc21.Cl. The van der Waals surface area contributed by atoms with E-state index in [0.717, 1.165) is 28.4 Å². The molecular weight excluding hydrogens is 401 g/mol. The zero-order valence-electron chi connectivity index (χ0n) is 15.6. The standard InChI is InChI=1S/C22H19F3N2O.ClH/c1-2-27-19-6-4-3-5-17(19)18-13-15(9-12-20(18)27)21(26)14-7-10-16(11-8-14)28-22(23,24)25;/h3-13,21H,2,26H2,1H3;1H/t21-;/m0./s1. The summed E-state index contributed by atoms with van der Waals surface area (Å²) < 4.78 is 43.1. The zero-order chi connectivity index (χ0) is 19.9. The molecule has 0 aliphatic heterocycles. The number of rotatable bonds is 4. The Kier molecular flexibility index (Phi) is 5.78. The fourth-order valence-electron chi connectivity index (χ4n) is 3.67. The normalized spacial score (nSPS) is 12.7. The lowest BCUT2D eigenvalue weighted by Crippen LogP contribution is -2.17. The van der Waals surface area contributed by atoms with E-state index in [1.165, 1.54) is 17.6 Å². The Morgan fingerprint density at radius 1 is 0.897 bits per heavy atom. The van der Waals surface area contributed by atoms with Crippen molar-refractivity contribution in [2.24, 2.45) is 5.73 Å². The van der Waals surface area contributed by atoms with Gasteiger partial charge in [0.1, 0.15) is 5.75 Å². The molecule has 0 spiro atoms. The third kappa shape index (κ3) is 4.04. The first-order valence-corrected chi connectivity index (χ1v) is 8.99. The van der Waals surface area contributed by atoms with Crippen LogP contribution in [0, 0.1) is 0 Å². The van der Waals surface area contributed by atoms with E-state index in [1.54, 1.807) is 12.1 Å². The highest BCUT2D eigenvalue weighted by atomic mass is 35.5. The minimum Gasteiger partial charge on any atom is -0.406 e. The number of para-hydroxylation sites is 1. The number of ether oxygens (including phenoxy) is 1. The average Bonchev–Trinajstić information content (AvgIpc) is 3.00. The fraction of sp³-hybridized carbons (Fsp3) is 0.182. The van der Waals surface area contributed by atoms with E-state index in [9.17, 15) is 13.2 Å². The lowest BCUT2D eigenvalue weighted by molar-refractivity contribution is -0.274. The van der Waals surface area contributed by atoms with Crippen molar-refractivity contribution < 1.29 is 17.9 Å². The van der Waals surface area contributed by atoms with E-state index in [2.05, 4.69) is 40.5 Å². The second kappa shape index (κ2) is 7.97. The third-order valence-electron chi connectivity index (χ3n) is 4.94. The molecule has 4 rings (SSSR count). The van der Waals surface area contributed by atoms with Gasteiger partial charge < -0.3 is 15.0 Å². The number of nitrogens with two attached hydrogens (primary N) is 1. The molecule has 0 saturated carbocycles. The van der Waals surface area contributed by atoms with Crippen LogP contribution in [0.5, 0.6) is 5.75 Å². The number of aromatic nitrogens is 1. The first kappa shape index (κ1) is 21.0. The number of aryl methyl sites for hydroxylation is 1. The van der Waals surface area contributed by atoms with E-state index < -0.39 is 12.4 Å². The van der Waals surface area contributed by atoms with Gasteiger partial charge in [0.2, 0.25) is 0 Å². The fourth-order valence-corrected chi connectivity index (χ4v) is 3.67. The van der Waals surface area contributed by atoms with Crippen molar-refractivity contribution in [3.05, 3.63) is 77.9 Å². The monoisotopic (exact) mass is 420 g/mol. The van der Waals surface area contributed by atoms with Gasteiger partial charge in [-0.1, -0.05) is 36.4 Å². The number of alkyl halides is 3. The van der Waals surface area contributed by atoms with Crippen LogP contribution in [0.25, 0.3) is 21.8 Å². The summed E-state index contributed by atoms with van der Waals surface area (Å²) in [6, 6.07) is 19.5. The Labute approximate surface area is 172 Å². The average molecular weight is 421 g/mol. The van der Waals surface area contributed by atoms with E-state index in [1.807, 2.05) is 18.2 Å². The summed E-state index contributed by atoms with van der Waals surface area (Å²) in [4.78, 5) is 0. The molecule has 2 N–H and O–H groups in total. The van der Waals surface area contributed by atoms with Gasteiger partial charge in [-0.2, -0.15) is 0 Å². The highest BCUT2D eigenvalue weighted by molar-refractivity contribution is 6.08. The third-order valence-corrected chi connectivity index (χ3v) is 4.94. The van der Waals surface area contributed by atoms with Crippen LogP contribution in [0.4, 0.5) is 13.2 Å². The lowest BCUT2D eigenvalue weighted by atomic mass is 9.98. The van der Waals surface area contributed by atoms with Crippen LogP contribution in [0.15, 0.2) is 66.7 Å². The summed E-state index contributed by atoms with van der Waals surface area (Å²) in [6.07, 6.45) is -4.71. The number of fused-ring (bicyclic) bond motifs is 3. The molecule has 0 aliphatic carbocycles. The number of benzene rings is 3. The van der Waals surface area contributed by atoms with Crippen molar-refractivity contribution in [3.8, 4) is 5.75 Å². The minimum atomic E-state index is -4.71. The van der Waals surface area contributed by atoms with Crippen LogP contribution in [-0.2, 0) is 6.54 Å². The van der Waals surface area contributed by atoms with Gasteiger partial charge >= 0.3 is 6.36 Å². The van der Waals surface area contributed by atoms with Crippen molar-refractivity contribution in [1.29, 1.82) is 0 Å². The maximum Gasteiger partial charge on any atom is 0.573 e. The number of nitrogens with zero attached hydrogens (tertiary/aromatic N) is 1. The molecule has 3 nitrogen and oxygen atoms in total. The molecule has 29 heavy (non-hydrogen) atoms. The molecular formula is C22H20ClF3N2O. The predicted molar refractivity (Wildman–Crippen MR) is 112 cm³/mol. The molecule has 1 atom stereocenters. The van der Waals surface area contributed by atoms with E-state index >= 15 is 0 Å². The number of halogens is 4. The molecule has 4 aromatic rings.